The van der Waals surface area contributed by atoms with Gasteiger partial charge in [-0.15, -0.1) is 0 Å². The molecule has 0 aliphatic rings. The highest BCUT2D eigenvalue weighted by Gasteiger charge is 2.16. The number of nitrogens with two attached hydrogens (primary N) is 1. The number of urea groups is 1. The number of aromatic nitrogens is 3. The van der Waals surface area contributed by atoms with Crippen molar-refractivity contribution in [1.82, 2.24) is 14.8 Å². The van der Waals surface area contributed by atoms with Gasteiger partial charge in [-0.2, -0.15) is 5.10 Å². The molecular weight excluding hydrogens is 480 g/mol. The molecule has 0 saturated carbocycles. The van der Waals surface area contributed by atoms with Gasteiger partial charge in [0.05, 0.1) is 11.4 Å². The van der Waals surface area contributed by atoms with Gasteiger partial charge in [0.1, 0.15) is 28.0 Å². The van der Waals surface area contributed by atoms with Crippen LogP contribution in [0.15, 0.2) is 66.9 Å². The Morgan fingerprint density at radius 2 is 1.81 bits per heavy atom. The van der Waals surface area contributed by atoms with Crippen molar-refractivity contribution in [3.8, 4) is 17.2 Å². The van der Waals surface area contributed by atoms with E-state index in [1.54, 1.807) is 28.9 Å². The SMILES string of the molecule is Cc1cccc(-n2nc(C(C)C)cc2NC(=O)Nc2ccc(Oc3ccnc(C(N)=O)c3Cl)cc2)c1. The van der Waals surface area contributed by atoms with Gasteiger partial charge < -0.3 is 15.8 Å². The molecule has 2 heterocycles. The molecule has 0 saturated heterocycles. The molecule has 4 rings (SSSR count). The van der Waals surface area contributed by atoms with E-state index in [2.05, 4.69) is 20.7 Å². The predicted octanol–water partition coefficient (Wildman–Crippen LogP) is 5.89. The first-order valence-corrected chi connectivity index (χ1v) is 11.6. The van der Waals surface area contributed by atoms with Crippen LogP contribution >= 0.6 is 11.6 Å². The van der Waals surface area contributed by atoms with Crippen molar-refractivity contribution < 1.29 is 14.3 Å². The Bertz CT molecular complexity index is 1420. The zero-order valence-electron chi connectivity index (χ0n) is 19.9. The maximum absolute atomic E-state index is 12.8. The number of hydrogen-bond donors (Lipinski definition) is 3. The molecule has 0 radical (unpaired) electrons. The van der Waals surface area contributed by atoms with Crippen molar-refractivity contribution in [3.05, 3.63) is 88.8 Å². The Hall–Kier alpha value is -4.37. The lowest BCUT2D eigenvalue weighted by atomic mass is 10.1. The van der Waals surface area contributed by atoms with Gasteiger partial charge in [-0.05, 0) is 54.8 Å². The minimum Gasteiger partial charge on any atom is -0.456 e. The largest absolute Gasteiger partial charge is 0.456 e. The molecule has 2 aromatic heterocycles. The number of aryl methyl sites for hydroxylation is 1. The molecule has 4 N–H and O–H groups in total. The standard InChI is InChI=1S/C26H25ClN6O3/c1-15(2)20-14-22(33(32-20)18-6-4-5-16(3)13-18)31-26(35)30-17-7-9-19(10-8-17)36-21-11-12-29-24(23(21)27)25(28)34/h4-15H,1-3H3,(H2,28,34)(H2,30,31,35). The van der Waals surface area contributed by atoms with Crippen LogP contribution in [0.2, 0.25) is 5.02 Å². The van der Waals surface area contributed by atoms with E-state index in [0.29, 0.717) is 17.3 Å². The van der Waals surface area contributed by atoms with Gasteiger partial charge in [-0.3, -0.25) is 10.1 Å². The highest BCUT2D eigenvalue weighted by atomic mass is 35.5. The quantitative estimate of drug-likeness (QED) is 0.289. The minimum absolute atomic E-state index is 0.0255. The molecule has 0 bridgehead atoms. The summed E-state index contributed by atoms with van der Waals surface area (Å²) in [5, 5.41) is 10.4. The Morgan fingerprint density at radius 3 is 2.47 bits per heavy atom. The average Bonchev–Trinajstić information content (AvgIpc) is 3.25. The molecule has 2 aromatic carbocycles. The molecule has 10 heteroatoms. The van der Waals surface area contributed by atoms with Crippen LogP contribution in [0, 0.1) is 6.92 Å². The van der Waals surface area contributed by atoms with Crippen LogP contribution < -0.4 is 21.1 Å². The summed E-state index contributed by atoms with van der Waals surface area (Å²) in [6, 6.07) is 17.5. The number of amides is 3. The number of ether oxygens (including phenoxy) is 1. The molecule has 3 amide bonds. The molecule has 9 nitrogen and oxygen atoms in total. The van der Waals surface area contributed by atoms with Gasteiger partial charge in [0.15, 0.2) is 0 Å². The van der Waals surface area contributed by atoms with Crippen molar-refractivity contribution >= 4 is 35.0 Å². The van der Waals surface area contributed by atoms with E-state index < -0.39 is 11.9 Å². The number of rotatable bonds is 7. The third-order valence-electron chi connectivity index (χ3n) is 5.23. The van der Waals surface area contributed by atoms with E-state index in [1.165, 1.54) is 12.3 Å². The summed E-state index contributed by atoms with van der Waals surface area (Å²) in [6.45, 7) is 6.09. The second kappa shape index (κ2) is 10.5. The van der Waals surface area contributed by atoms with Crippen LogP contribution in [0.1, 0.15) is 41.5 Å². The number of nitrogens with zero attached hydrogens (tertiary/aromatic N) is 3. The van der Waals surface area contributed by atoms with E-state index >= 15 is 0 Å². The van der Waals surface area contributed by atoms with E-state index in [1.807, 2.05) is 51.1 Å². The van der Waals surface area contributed by atoms with Crippen molar-refractivity contribution in [2.45, 2.75) is 26.7 Å². The number of benzene rings is 2. The molecule has 184 valence electrons. The van der Waals surface area contributed by atoms with Crippen LogP contribution in [0.5, 0.6) is 11.5 Å². The minimum atomic E-state index is -0.750. The van der Waals surface area contributed by atoms with Crippen molar-refractivity contribution in [3.63, 3.8) is 0 Å². The van der Waals surface area contributed by atoms with E-state index in [0.717, 1.165) is 16.9 Å². The lowest BCUT2D eigenvalue weighted by Gasteiger charge is -2.12. The topological polar surface area (TPSA) is 124 Å². The molecule has 0 spiro atoms. The maximum atomic E-state index is 12.8. The Kier molecular flexibility index (Phi) is 7.21. The summed E-state index contributed by atoms with van der Waals surface area (Å²) >= 11 is 6.16. The zero-order chi connectivity index (χ0) is 25.8. The number of hydrogen-bond acceptors (Lipinski definition) is 5. The lowest BCUT2D eigenvalue weighted by Crippen LogP contribution is -2.21. The number of anilines is 2. The van der Waals surface area contributed by atoms with Crippen molar-refractivity contribution in [2.24, 2.45) is 5.73 Å². The number of primary amides is 1. The van der Waals surface area contributed by atoms with Gasteiger partial charge in [0, 0.05) is 24.0 Å². The fourth-order valence-electron chi connectivity index (χ4n) is 3.42. The first-order chi connectivity index (χ1) is 17.2. The van der Waals surface area contributed by atoms with Crippen LogP contribution in [0.4, 0.5) is 16.3 Å². The first-order valence-electron chi connectivity index (χ1n) is 11.2. The molecule has 0 aliphatic carbocycles. The Balaban J connectivity index is 1.47. The fourth-order valence-corrected chi connectivity index (χ4v) is 3.66. The van der Waals surface area contributed by atoms with Crippen molar-refractivity contribution in [1.29, 1.82) is 0 Å². The molecular formula is C26H25ClN6O3. The molecule has 4 aromatic rings. The third-order valence-corrected chi connectivity index (χ3v) is 5.60. The summed E-state index contributed by atoms with van der Waals surface area (Å²) in [5.74, 6) is 0.688. The number of carbonyl (C=O) groups is 2. The number of carbonyl (C=O) groups excluding carboxylic acids is 2. The first kappa shape index (κ1) is 24.7. The van der Waals surface area contributed by atoms with Gasteiger partial charge in [-0.25, -0.2) is 14.5 Å². The summed E-state index contributed by atoms with van der Waals surface area (Å²) < 4.78 is 7.46. The molecule has 0 fully saturated rings. The summed E-state index contributed by atoms with van der Waals surface area (Å²) in [7, 11) is 0. The predicted molar refractivity (Wildman–Crippen MR) is 139 cm³/mol. The fraction of sp³-hybridized carbons (Fsp3) is 0.154. The summed E-state index contributed by atoms with van der Waals surface area (Å²) in [6.07, 6.45) is 1.38. The smallest absolute Gasteiger partial charge is 0.324 e. The molecule has 36 heavy (non-hydrogen) atoms. The van der Waals surface area contributed by atoms with Crippen LogP contribution in [-0.2, 0) is 0 Å². The summed E-state index contributed by atoms with van der Waals surface area (Å²) in [5.41, 5.74) is 8.55. The highest BCUT2D eigenvalue weighted by Crippen LogP contribution is 2.31. The van der Waals surface area contributed by atoms with E-state index in [4.69, 9.17) is 22.1 Å². The van der Waals surface area contributed by atoms with Crippen molar-refractivity contribution in [2.75, 3.05) is 10.6 Å². The monoisotopic (exact) mass is 504 g/mol. The zero-order valence-corrected chi connectivity index (χ0v) is 20.7. The average molecular weight is 505 g/mol. The third kappa shape index (κ3) is 5.64. The normalized spacial score (nSPS) is 10.8. The lowest BCUT2D eigenvalue weighted by molar-refractivity contribution is 0.0995. The maximum Gasteiger partial charge on any atom is 0.324 e. The highest BCUT2D eigenvalue weighted by molar-refractivity contribution is 6.34. The van der Waals surface area contributed by atoms with E-state index in [9.17, 15) is 9.59 Å². The van der Waals surface area contributed by atoms with Gasteiger partial charge in [0.25, 0.3) is 5.91 Å². The Labute approximate surface area is 213 Å². The second-order valence-corrected chi connectivity index (χ2v) is 8.78. The van der Waals surface area contributed by atoms with Crippen LogP contribution in [0.3, 0.4) is 0 Å². The molecule has 0 atom stereocenters. The second-order valence-electron chi connectivity index (χ2n) is 8.40. The summed E-state index contributed by atoms with van der Waals surface area (Å²) in [4.78, 5) is 28.0. The van der Waals surface area contributed by atoms with Gasteiger partial charge in [-0.1, -0.05) is 37.6 Å². The molecule has 0 aliphatic heterocycles. The van der Waals surface area contributed by atoms with Gasteiger partial charge >= 0.3 is 6.03 Å². The van der Waals surface area contributed by atoms with Crippen LogP contribution in [0.25, 0.3) is 5.69 Å². The molecule has 0 unspecified atom stereocenters. The number of nitrogens with one attached hydrogen (secondary N) is 2. The Morgan fingerprint density at radius 1 is 1.06 bits per heavy atom. The van der Waals surface area contributed by atoms with E-state index in [-0.39, 0.29) is 22.4 Å². The number of halogens is 1. The van der Waals surface area contributed by atoms with Crippen LogP contribution in [-0.4, -0.2) is 26.7 Å². The number of pyridine rings is 1. The van der Waals surface area contributed by atoms with Gasteiger partial charge in [0.2, 0.25) is 0 Å².